The Bertz CT molecular complexity index is 1050. The van der Waals surface area contributed by atoms with E-state index < -0.39 is 5.41 Å². The molecule has 1 atom stereocenters. The van der Waals surface area contributed by atoms with Gasteiger partial charge in [-0.2, -0.15) is 0 Å². The van der Waals surface area contributed by atoms with Crippen molar-refractivity contribution in [3.63, 3.8) is 0 Å². The van der Waals surface area contributed by atoms with E-state index in [9.17, 15) is 9.59 Å². The number of primary amides is 1. The quantitative estimate of drug-likeness (QED) is 0.610. The number of aromatic nitrogens is 2. The van der Waals surface area contributed by atoms with Crippen LogP contribution < -0.4 is 11.5 Å². The first kappa shape index (κ1) is 20.5. The smallest absolute Gasteiger partial charge is 0.229 e. The fourth-order valence-corrected chi connectivity index (χ4v) is 5.35. The number of piperidine rings is 1. The van der Waals surface area contributed by atoms with Crippen molar-refractivity contribution in [2.75, 3.05) is 18.8 Å². The molecule has 30 heavy (non-hydrogen) atoms. The number of anilines is 1. The molecule has 0 spiro atoms. The van der Waals surface area contributed by atoms with Crippen molar-refractivity contribution in [3.05, 3.63) is 52.3 Å². The lowest BCUT2D eigenvalue weighted by atomic mass is 9.74. The maximum atomic E-state index is 12.8. The average molecular weight is 442 g/mol. The predicted octanol–water partition coefficient (Wildman–Crippen LogP) is 2.73. The zero-order chi connectivity index (χ0) is 21.1. The van der Waals surface area contributed by atoms with Crippen molar-refractivity contribution in [2.45, 2.75) is 25.7 Å². The number of hydrogen-bond acceptors (Lipinski definition) is 7. The molecule has 1 aromatic carbocycles. The summed E-state index contributed by atoms with van der Waals surface area (Å²) < 4.78 is 0. The topological polar surface area (TPSA) is 115 Å². The Morgan fingerprint density at radius 1 is 1.20 bits per heavy atom. The average Bonchev–Trinajstić information content (AvgIpc) is 3.40. The number of carbonyl (C=O) groups is 2. The number of hydrogen-bond donors (Lipinski definition) is 2. The number of benzene rings is 1. The third kappa shape index (κ3) is 4.36. The summed E-state index contributed by atoms with van der Waals surface area (Å²) in [6.07, 6.45) is 2.05. The first-order valence-corrected chi connectivity index (χ1v) is 11.4. The summed E-state index contributed by atoms with van der Waals surface area (Å²) in [5.74, 6) is -0.439. The molecule has 3 aromatic rings. The van der Waals surface area contributed by atoms with Crippen molar-refractivity contribution in [3.8, 4) is 10.4 Å². The summed E-state index contributed by atoms with van der Waals surface area (Å²) in [6, 6.07) is 12.3. The van der Waals surface area contributed by atoms with Crippen molar-refractivity contribution >= 4 is 39.6 Å². The van der Waals surface area contributed by atoms with E-state index in [1.807, 2.05) is 23.6 Å². The van der Waals surface area contributed by atoms with E-state index in [0.29, 0.717) is 36.1 Å². The summed E-state index contributed by atoms with van der Waals surface area (Å²) >= 11 is 2.89. The van der Waals surface area contributed by atoms with Crippen LogP contribution in [0.5, 0.6) is 0 Å². The molecular weight excluding hydrogens is 418 g/mol. The number of carbonyl (C=O) groups excluding carboxylic acids is 2. The SMILES string of the molecule is NC(=O)[C@]1(Cc2cccc(-c3cccs3)c2)CCCN(C(=O)Cc2nnc(N)s2)C1. The first-order valence-electron chi connectivity index (χ1n) is 9.73. The molecule has 0 aliphatic carbocycles. The van der Waals surface area contributed by atoms with Gasteiger partial charge in [0.1, 0.15) is 5.01 Å². The van der Waals surface area contributed by atoms with Crippen molar-refractivity contribution < 1.29 is 9.59 Å². The summed E-state index contributed by atoms with van der Waals surface area (Å²) in [5.41, 5.74) is 12.9. The van der Waals surface area contributed by atoms with Crippen LogP contribution in [0, 0.1) is 5.41 Å². The van der Waals surface area contributed by atoms with Gasteiger partial charge in [0, 0.05) is 18.0 Å². The van der Waals surface area contributed by atoms with Crippen LogP contribution >= 0.6 is 22.7 Å². The van der Waals surface area contributed by atoms with Crippen LogP contribution in [0.15, 0.2) is 41.8 Å². The molecule has 3 heterocycles. The van der Waals surface area contributed by atoms with Gasteiger partial charge in [0.15, 0.2) is 0 Å². The lowest BCUT2D eigenvalue weighted by Crippen LogP contribution is -2.53. The van der Waals surface area contributed by atoms with Gasteiger partial charge in [0.05, 0.1) is 11.8 Å². The van der Waals surface area contributed by atoms with Crippen LogP contribution in [0.4, 0.5) is 5.13 Å². The van der Waals surface area contributed by atoms with Gasteiger partial charge in [-0.15, -0.1) is 21.5 Å². The fourth-order valence-electron chi connectivity index (χ4n) is 4.02. The molecule has 4 N–H and O–H groups in total. The van der Waals surface area contributed by atoms with Gasteiger partial charge >= 0.3 is 0 Å². The van der Waals surface area contributed by atoms with Crippen LogP contribution in [-0.2, 0) is 22.4 Å². The first-order chi connectivity index (χ1) is 14.4. The second-order valence-electron chi connectivity index (χ2n) is 7.63. The lowest BCUT2D eigenvalue weighted by Gasteiger charge is -2.41. The summed E-state index contributed by atoms with van der Waals surface area (Å²) in [7, 11) is 0. The highest BCUT2D eigenvalue weighted by Crippen LogP contribution is 2.35. The number of amides is 2. The van der Waals surface area contributed by atoms with E-state index in [1.54, 1.807) is 16.2 Å². The highest BCUT2D eigenvalue weighted by molar-refractivity contribution is 7.15. The second kappa shape index (κ2) is 8.53. The van der Waals surface area contributed by atoms with Crippen LogP contribution in [0.1, 0.15) is 23.4 Å². The largest absolute Gasteiger partial charge is 0.374 e. The summed E-state index contributed by atoms with van der Waals surface area (Å²) in [4.78, 5) is 28.3. The minimum atomic E-state index is -0.776. The Morgan fingerprint density at radius 3 is 2.77 bits per heavy atom. The minimum absolute atomic E-state index is 0.0798. The Hall–Kier alpha value is -2.78. The molecule has 0 radical (unpaired) electrons. The molecule has 1 aliphatic heterocycles. The summed E-state index contributed by atoms with van der Waals surface area (Å²) in [5, 5.41) is 10.7. The standard InChI is InChI=1S/C21H23N5O2S2/c22-19(28)21(12-14-4-1-5-15(10-14)16-6-2-9-29-16)7-3-8-26(13-21)18(27)11-17-24-25-20(23)30-17/h1-2,4-6,9-10H,3,7-8,11-13H2,(H2,22,28)(H2,23,25)/t21-/m0/s1. The van der Waals surface area contributed by atoms with E-state index in [-0.39, 0.29) is 18.2 Å². The number of likely N-dealkylation sites (tertiary alicyclic amines) is 1. The van der Waals surface area contributed by atoms with Crippen LogP contribution in [-0.4, -0.2) is 40.0 Å². The van der Waals surface area contributed by atoms with E-state index >= 15 is 0 Å². The van der Waals surface area contributed by atoms with Gasteiger partial charge < -0.3 is 16.4 Å². The maximum Gasteiger partial charge on any atom is 0.229 e. The maximum absolute atomic E-state index is 12.8. The van der Waals surface area contributed by atoms with Gasteiger partial charge in [-0.3, -0.25) is 9.59 Å². The van der Waals surface area contributed by atoms with Crippen LogP contribution in [0.2, 0.25) is 0 Å². The summed E-state index contributed by atoms with van der Waals surface area (Å²) in [6.45, 7) is 0.927. The molecule has 2 aromatic heterocycles. The number of thiophene rings is 1. The second-order valence-corrected chi connectivity index (χ2v) is 9.67. The van der Waals surface area contributed by atoms with Crippen LogP contribution in [0.25, 0.3) is 10.4 Å². The fraction of sp³-hybridized carbons (Fsp3) is 0.333. The monoisotopic (exact) mass is 441 g/mol. The molecule has 1 fully saturated rings. The van der Waals surface area contributed by atoms with E-state index in [2.05, 4.69) is 28.4 Å². The van der Waals surface area contributed by atoms with Crippen molar-refractivity contribution in [2.24, 2.45) is 11.1 Å². The van der Waals surface area contributed by atoms with Gasteiger partial charge in [0.2, 0.25) is 16.9 Å². The number of nitrogen functional groups attached to an aromatic ring is 1. The molecule has 4 rings (SSSR count). The van der Waals surface area contributed by atoms with Crippen molar-refractivity contribution in [1.82, 2.24) is 15.1 Å². The molecule has 1 aliphatic rings. The highest BCUT2D eigenvalue weighted by Gasteiger charge is 2.42. The van der Waals surface area contributed by atoms with Crippen LogP contribution in [0.3, 0.4) is 0 Å². The van der Waals surface area contributed by atoms with Gasteiger partial charge in [-0.25, -0.2) is 0 Å². The van der Waals surface area contributed by atoms with E-state index in [0.717, 1.165) is 17.5 Å². The normalized spacial score (nSPS) is 19.0. The molecular formula is C21H23N5O2S2. The van der Waals surface area contributed by atoms with E-state index in [4.69, 9.17) is 11.5 Å². The molecule has 0 bridgehead atoms. The van der Waals surface area contributed by atoms with Gasteiger partial charge in [0.25, 0.3) is 0 Å². The third-order valence-electron chi connectivity index (χ3n) is 5.51. The number of rotatable bonds is 6. The Labute approximate surface area is 182 Å². The minimum Gasteiger partial charge on any atom is -0.374 e. The lowest BCUT2D eigenvalue weighted by molar-refractivity contribution is -0.139. The predicted molar refractivity (Wildman–Crippen MR) is 119 cm³/mol. The zero-order valence-corrected chi connectivity index (χ0v) is 18.0. The third-order valence-corrected chi connectivity index (χ3v) is 7.18. The number of nitrogens with two attached hydrogens (primary N) is 2. The molecule has 1 saturated heterocycles. The molecule has 9 heteroatoms. The molecule has 156 valence electrons. The molecule has 0 saturated carbocycles. The molecule has 7 nitrogen and oxygen atoms in total. The number of nitrogens with zero attached hydrogens (tertiary/aromatic N) is 3. The van der Waals surface area contributed by atoms with E-state index in [1.165, 1.54) is 16.2 Å². The molecule has 0 unspecified atom stereocenters. The van der Waals surface area contributed by atoms with Crippen molar-refractivity contribution in [1.29, 1.82) is 0 Å². The van der Waals surface area contributed by atoms with Gasteiger partial charge in [-0.1, -0.05) is 41.7 Å². The Morgan fingerprint density at radius 2 is 2.07 bits per heavy atom. The Balaban J connectivity index is 1.53. The molecule has 2 amide bonds. The van der Waals surface area contributed by atoms with Gasteiger partial charge in [-0.05, 0) is 41.8 Å². The highest BCUT2D eigenvalue weighted by atomic mass is 32.1. The Kier molecular flexibility index (Phi) is 5.83. The zero-order valence-electron chi connectivity index (χ0n) is 16.4.